The number of benzene rings is 2. The van der Waals surface area contributed by atoms with E-state index in [1.807, 2.05) is 42.7 Å². The molecule has 0 saturated carbocycles. The number of hydrogen-bond donors (Lipinski definition) is 1. The first-order valence-electron chi connectivity index (χ1n) is 7.95. The van der Waals surface area contributed by atoms with Crippen LogP contribution >= 0.6 is 43.6 Å². The van der Waals surface area contributed by atoms with Crippen LogP contribution < -0.4 is 14.8 Å². The lowest BCUT2D eigenvalue weighted by Crippen LogP contribution is -2.17. The van der Waals surface area contributed by atoms with Crippen LogP contribution in [0.1, 0.15) is 11.8 Å². The highest BCUT2D eigenvalue weighted by Gasteiger charge is 2.27. The van der Waals surface area contributed by atoms with E-state index in [0.717, 1.165) is 31.5 Å². The quantitative estimate of drug-likeness (QED) is 0.480. The van der Waals surface area contributed by atoms with Crippen LogP contribution in [0.2, 0.25) is 0 Å². The molecule has 1 atom stereocenters. The van der Waals surface area contributed by atoms with Gasteiger partial charge in [0.15, 0.2) is 11.9 Å². The van der Waals surface area contributed by atoms with E-state index in [1.54, 1.807) is 7.11 Å². The summed E-state index contributed by atoms with van der Waals surface area (Å²) in [4.78, 5) is 4.52. The SMILES string of the molecule is COc1c(Br)cc([C@@H]2Nc3ccccc3-c3nnc(SC)nc3O2)cc1Br. The lowest BCUT2D eigenvalue weighted by molar-refractivity contribution is 0.225. The molecule has 4 rings (SSSR count). The number of nitrogens with one attached hydrogen (secondary N) is 1. The van der Waals surface area contributed by atoms with Gasteiger partial charge in [0.2, 0.25) is 11.0 Å². The number of halogens is 2. The Hall–Kier alpha value is -1.84. The first-order valence-corrected chi connectivity index (χ1v) is 10.8. The van der Waals surface area contributed by atoms with Gasteiger partial charge < -0.3 is 14.8 Å². The fourth-order valence-electron chi connectivity index (χ4n) is 2.81. The zero-order chi connectivity index (χ0) is 19.0. The maximum Gasteiger partial charge on any atom is 0.247 e. The standard InChI is InChI=1S/C18H14Br2N4O2S/c1-25-15-11(19)7-9(8-12(15)20)16-21-13-6-4-3-5-10(13)14-17(26-16)22-18(27-2)24-23-14/h3-8,16,21H,1-2H3/t16-/m1/s1. The van der Waals surface area contributed by atoms with Crippen molar-refractivity contribution in [3.05, 3.63) is 50.9 Å². The van der Waals surface area contributed by atoms with Crippen LogP contribution in [-0.4, -0.2) is 28.5 Å². The molecule has 1 N–H and O–H groups in total. The minimum Gasteiger partial charge on any atom is -0.494 e. The average Bonchev–Trinajstić information content (AvgIpc) is 2.84. The van der Waals surface area contributed by atoms with Crippen molar-refractivity contribution in [1.29, 1.82) is 0 Å². The summed E-state index contributed by atoms with van der Waals surface area (Å²) in [5.74, 6) is 1.17. The molecule has 2 heterocycles. The van der Waals surface area contributed by atoms with Crippen molar-refractivity contribution in [3.8, 4) is 22.9 Å². The summed E-state index contributed by atoms with van der Waals surface area (Å²) in [5, 5.41) is 12.5. The first kappa shape index (κ1) is 18.5. The Bertz CT molecular complexity index is 995. The lowest BCUT2D eigenvalue weighted by atomic mass is 10.1. The van der Waals surface area contributed by atoms with Crippen LogP contribution in [0.3, 0.4) is 0 Å². The summed E-state index contributed by atoms with van der Waals surface area (Å²) in [7, 11) is 1.63. The van der Waals surface area contributed by atoms with E-state index in [0.29, 0.717) is 16.7 Å². The number of rotatable bonds is 3. The smallest absolute Gasteiger partial charge is 0.247 e. The molecule has 138 valence electrons. The largest absolute Gasteiger partial charge is 0.494 e. The number of fused-ring (bicyclic) bond motifs is 3. The van der Waals surface area contributed by atoms with Crippen molar-refractivity contribution in [2.45, 2.75) is 11.4 Å². The van der Waals surface area contributed by atoms with Crippen LogP contribution in [0.25, 0.3) is 11.3 Å². The van der Waals surface area contributed by atoms with Crippen LogP contribution in [0.4, 0.5) is 5.69 Å². The van der Waals surface area contributed by atoms with Crippen molar-refractivity contribution >= 4 is 49.3 Å². The Morgan fingerprint density at radius 3 is 2.59 bits per heavy atom. The Morgan fingerprint density at radius 2 is 1.89 bits per heavy atom. The molecule has 0 radical (unpaired) electrons. The second-order valence-corrected chi connectivity index (χ2v) is 8.14. The van der Waals surface area contributed by atoms with E-state index >= 15 is 0 Å². The molecule has 0 spiro atoms. The third kappa shape index (κ3) is 3.51. The molecule has 9 heteroatoms. The van der Waals surface area contributed by atoms with E-state index in [2.05, 4.69) is 52.4 Å². The number of para-hydroxylation sites is 1. The van der Waals surface area contributed by atoms with E-state index in [9.17, 15) is 0 Å². The zero-order valence-corrected chi connectivity index (χ0v) is 18.4. The molecule has 1 aliphatic rings. The molecule has 1 aromatic heterocycles. The molecule has 2 aromatic carbocycles. The highest BCUT2D eigenvalue weighted by Crippen LogP contribution is 2.42. The molecule has 0 bridgehead atoms. The van der Waals surface area contributed by atoms with Gasteiger partial charge in [-0.1, -0.05) is 30.0 Å². The third-order valence-corrected chi connectivity index (χ3v) is 5.76. The predicted octanol–water partition coefficient (Wildman–Crippen LogP) is 5.30. The average molecular weight is 510 g/mol. The van der Waals surface area contributed by atoms with Gasteiger partial charge in [-0.2, -0.15) is 4.98 Å². The van der Waals surface area contributed by atoms with Crippen molar-refractivity contribution in [2.75, 3.05) is 18.7 Å². The number of nitrogens with zero attached hydrogens (tertiary/aromatic N) is 3. The summed E-state index contributed by atoms with van der Waals surface area (Å²) in [6.45, 7) is 0. The Kier molecular flexibility index (Phi) is 5.25. The molecule has 0 aliphatic carbocycles. The van der Waals surface area contributed by atoms with Gasteiger partial charge in [-0.15, -0.1) is 10.2 Å². The van der Waals surface area contributed by atoms with Gasteiger partial charge >= 0.3 is 0 Å². The fraction of sp³-hybridized carbons (Fsp3) is 0.167. The number of ether oxygens (including phenoxy) is 2. The van der Waals surface area contributed by atoms with Crippen LogP contribution in [0.15, 0.2) is 50.5 Å². The van der Waals surface area contributed by atoms with Crippen molar-refractivity contribution in [2.24, 2.45) is 0 Å². The van der Waals surface area contributed by atoms with E-state index in [1.165, 1.54) is 11.8 Å². The van der Waals surface area contributed by atoms with Crippen molar-refractivity contribution in [1.82, 2.24) is 15.2 Å². The molecular formula is C18H14Br2N4O2S. The second-order valence-electron chi connectivity index (χ2n) is 5.66. The molecule has 0 fully saturated rings. The molecule has 0 unspecified atom stereocenters. The van der Waals surface area contributed by atoms with Gasteiger partial charge in [0.05, 0.1) is 16.1 Å². The number of aromatic nitrogens is 3. The Balaban J connectivity index is 1.85. The summed E-state index contributed by atoms with van der Waals surface area (Å²) in [6.07, 6.45) is 1.44. The molecule has 0 saturated heterocycles. The normalized spacial score (nSPS) is 15.0. The van der Waals surface area contributed by atoms with Gasteiger partial charge in [-0.05, 0) is 56.3 Å². The molecule has 27 heavy (non-hydrogen) atoms. The molecule has 6 nitrogen and oxygen atoms in total. The number of thioether (sulfide) groups is 1. The minimum atomic E-state index is -0.461. The zero-order valence-electron chi connectivity index (χ0n) is 14.4. The minimum absolute atomic E-state index is 0.444. The summed E-state index contributed by atoms with van der Waals surface area (Å²) >= 11 is 8.52. The third-order valence-electron chi connectivity index (χ3n) is 4.04. The summed E-state index contributed by atoms with van der Waals surface area (Å²) in [5.41, 5.74) is 3.32. The van der Waals surface area contributed by atoms with Gasteiger partial charge in [0.1, 0.15) is 5.75 Å². The highest BCUT2D eigenvalue weighted by molar-refractivity contribution is 9.11. The topological polar surface area (TPSA) is 69.2 Å². The number of anilines is 1. The van der Waals surface area contributed by atoms with Crippen LogP contribution in [0, 0.1) is 0 Å². The number of methoxy groups -OCH3 is 1. The number of hydrogen-bond acceptors (Lipinski definition) is 7. The second kappa shape index (κ2) is 7.65. The van der Waals surface area contributed by atoms with Gasteiger partial charge in [0.25, 0.3) is 0 Å². The lowest BCUT2D eigenvalue weighted by Gasteiger charge is -2.20. The van der Waals surface area contributed by atoms with Crippen molar-refractivity contribution < 1.29 is 9.47 Å². The highest BCUT2D eigenvalue weighted by atomic mass is 79.9. The molecule has 3 aromatic rings. The van der Waals surface area contributed by atoms with E-state index in [4.69, 9.17) is 9.47 Å². The van der Waals surface area contributed by atoms with Gasteiger partial charge in [0, 0.05) is 16.8 Å². The van der Waals surface area contributed by atoms with E-state index < -0.39 is 6.23 Å². The summed E-state index contributed by atoms with van der Waals surface area (Å²) < 4.78 is 13.3. The molecular weight excluding hydrogens is 496 g/mol. The van der Waals surface area contributed by atoms with Crippen LogP contribution in [-0.2, 0) is 0 Å². The first-order chi connectivity index (χ1) is 13.1. The van der Waals surface area contributed by atoms with Crippen molar-refractivity contribution in [3.63, 3.8) is 0 Å². The Labute approximate surface area is 177 Å². The maximum absolute atomic E-state index is 6.23. The van der Waals surface area contributed by atoms with Gasteiger partial charge in [-0.3, -0.25) is 0 Å². The molecule has 1 aliphatic heterocycles. The summed E-state index contributed by atoms with van der Waals surface area (Å²) in [6, 6.07) is 11.8. The monoisotopic (exact) mass is 508 g/mol. The van der Waals surface area contributed by atoms with E-state index in [-0.39, 0.29) is 0 Å². The fourth-order valence-corrected chi connectivity index (χ4v) is 4.65. The maximum atomic E-state index is 6.23. The van der Waals surface area contributed by atoms with Crippen LogP contribution in [0.5, 0.6) is 11.6 Å². The Morgan fingerprint density at radius 1 is 1.15 bits per heavy atom. The van der Waals surface area contributed by atoms with Gasteiger partial charge in [-0.25, -0.2) is 0 Å². The molecule has 0 amide bonds. The predicted molar refractivity (Wildman–Crippen MR) is 112 cm³/mol.